The molecule has 0 fully saturated rings. The van der Waals surface area contributed by atoms with E-state index in [0.29, 0.717) is 18.5 Å². The molecule has 0 aliphatic carbocycles. The highest BCUT2D eigenvalue weighted by atomic mass is 19.4. The van der Waals surface area contributed by atoms with Crippen molar-refractivity contribution in [3.05, 3.63) is 64.5 Å². The van der Waals surface area contributed by atoms with E-state index in [1.165, 1.54) is 25.1 Å². The van der Waals surface area contributed by atoms with Crippen molar-refractivity contribution in [2.24, 2.45) is 0 Å². The average Bonchev–Trinajstić information content (AvgIpc) is 2.80. The number of carbonyl (C=O) groups excluding carboxylic acids is 1. The first-order valence-electron chi connectivity index (χ1n) is 8.60. The highest BCUT2D eigenvalue weighted by Crippen LogP contribution is 2.35. The predicted octanol–water partition coefficient (Wildman–Crippen LogP) is 4.62. The van der Waals surface area contributed by atoms with E-state index < -0.39 is 17.6 Å². The summed E-state index contributed by atoms with van der Waals surface area (Å²) in [6, 6.07) is 8.58. The summed E-state index contributed by atoms with van der Waals surface area (Å²) < 4.78 is 52.4. The molecule has 1 unspecified atom stereocenters. The fourth-order valence-corrected chi connectivity index (χ4v) is 3.32. The van der Waals surface area contributed by atoms with Crippen molar-refractivity contribution in [1.82, 2.24) is 4.90 Å². The minimum Gasteiger partial charge on any atom is -0.377 e. The third-order valence-electron chi connectivity index (χ3n) is 4.77. The molecule has 4 nitrogen and oxygen atoms in total. The summed E-state index contributed by atoms with van der Waals surface area (Å²) >= 11 is 0. The molecule has 0 spiro atoms. The fraction of sp³-hybridized carbons (Fsp3) is 0.300. The van der Waals surface area contributed by atoms with Crippen molar-refractivity contribution in [3.63, 3.8) is 0 Å². The summed E-state index contributed by atoms with van der Waals surface area (Å²) in [5, 5.41) is 12.4. The van der Waals surface area contributed by atoms with Crippen molar-refractivity contribution >= 4 is 11.6 Å². The Hall–Kier alpha value is -3.08. The van der Waals surface area contributed by atoms with Gasteiger partial charge in [-0.05, 0) is 47.9 Å². The summed E-state index contributed by atoms with van der Waals surface area (Å²) in [6.07, 6.45) is -4.08. The summed E-state index contributed by atoms with van der Waals surface area (Å²) in [5.74, 6) is -0.585. The molecule has 0 saturated carbocycles. The normalized spacial score (nSPS) is 16.7. The quantitative estimate of drug-likeness (QED) is 0.760. The van der Waals surface area contributed by atoms with Crippen molar-refractivity contribution in [2.75, 3.05) is 11.9 Å². The average molecular weight is 391 g/mol. The summed E-state index contributed by atoms with van der Waals surface area (Å²) in [4.78, 5) is 13.4. The standard InChI is InChI=1S/C20H17F4N3O/c1-12(28)27-7-6-19(17-4-3-16(21)9-14(17)11-27)26-18-5-2-15(20(22,23)24)8-13(18)10-25/h2-5,8-9,19,26H,6-7,11H2,1H3. The van der Waals surface area contributed by atoms with E-state index in [0.717, 1.165) is 17.7 Å². The number of hydrogen-bond acceptors (Lipinski definition) is 3. The van der Waals surface area contributed by atoms with Gasteiger partial charge in [0.25, 0.3) is 0 Å². The van der Waals surface area contributed by atoms with E-state index in [4.69, 9.17) is 0 Å². The number of amides is 1. The molecule has 2 aromatic carbocycles. The molecular weight excluding hydrogens is 374 g/mol. The Kier molecular flexibility index (Phi) is 5.27. The minimum absolute atomic E-state index is 0.133. The molecule has 1 heterocycles. The molecule has 3 rings (SSSR count). The van der Waals surface area contributed by atoms with Crippen molar-refractivity contribution < 1.29 is 22.4 Å². The molecule has 1 aliphatic heterocycles. The molecule has 1 N–H and O–H groups in total. The summed E-state index contributed by atoms with van der Waals surface area (Å²) in [7, 11) is 0. The number of carbonyl (C=O) groups is 1. The Balaban J connectivity index is 1.96. The Morgan fingerprint density at radius 2 is 2.00 bits per heavy atom. The largest absolute Gasteiger partial charge is 0.416 e. The molecule has 0 radical (unpaired) electrons. The number of rotatable bonds is 2. The second kappa shape index (κ2) is 7.50. The van der Waals surface area contributed by atoms with E-state index in [9.17, 15) is 27.6 Å². The number of anilines is 1. The monoisotopic (exact) mass is 391 g/mol. The zero-order valence-corrected chi connectivity index (χ0v) is 15.0. The second-order valence-electron chi connectivity index (χ2n) is 6.64. The van der Waals surface area contributed by atoms with Gasteiger partial charge in [-0.3, -0.25) is 4.79 Å². The van der Waals surface area contributed by atoms with Gasteiger partial charge < -0.3 is 10.2 Å². The number of benzene rings is 2. The molecule has 146 valence electrons. The third-order valence-corrected chi connectivity index (χ3v) is 4.77. The molecule has 28 heavy (non-hydrogen) atoms. The molecule has 8 heteroatoms. The number of nitrogens with one attached hydrogen (secondary N) is 1. The van der Waals surface area contributed by atoms with E-state index >= 15 is 0 Å². The van der Waals surface area contributed by atoms with Crippen LogP contribution in [0.4, 0.5) is 23.2 Å². The van der Waals surface area contributed by atoms with Gasteiger partial charge in [-0.2, -0.15) is 18.4 Å². The van der Waals surface area contributed by atoms with Crippen LogP contribution in [0, 0.1) is 17.1 Å². The van der Waals surface area contributed by atoms with E-state index in [1.54, 1.807) is 17.0 Å². The van der Waals surface area contributed by atoms with Crippen molar-refractivity contribution in [2.45, 2.75) is 32.1 Å². The van der Waals surface area contributed by atoms with E-state index in [-0.39, 0.29) is 29.7 Å². The first-order valence-corrected chi connectivity index (χ1v) is 8.60. The lowest BCUT2D eigenvalue weighted by molar-refractivity contribution is -0.137. The van der Waals surface area contributed by atoms with Gasteiger partial charge in [0.1, 0.15) is 11.9 Å². The van der Waals surface area contributed by atoms with Gasteiger partial charge in [0.15, 0.2) is 0 Å². The van der Waals surface area contributed by atoms with Gasteiger partial charge in [0.05, 0.1) is 22.9 Å². The zero-order valence-electron chi connectivity index (χ0n) is 15.0. The number of halogens is 4. The maximum absolute atomic E-state index is 13.7. The van der Waals surface area contributed by atoms with Crippen LogP contribution in [-0.2, 0) is 17.5 Å². The maximum Gasteiger partial charge on any atom is 0.416 e. The van der Waals surface area contributed by atoms with Gasteiger partial charge in [-0.25, -0.2) is 4.39 Å². The Morgan fingerprint density at radius 3 is 2.64 bits per heavy atom. The highest BCUT2D eigenvalue weighted by Gasteiger charge is 2.31. The molecule has 1 atom stereocenters. The highest BCUT2D eigenvalue weighted by molar-refractivity contribution is 5.73. The van der Waals surface area contributed by atoms with Gasteiger partial charge in [0.2, 0.25) is 5.91 Å². The molecule has 0 saturated heterocycles. The smallest absolute Gasteiger partial charge is 0.377 e. The molecular formula is C20H17F4N3O. The second-order valence-corrected chi connectivity index (χ2v) is 6.64. The summed E-state index contributed by atoms with van der Waals surface area (Å²) in [6.45, 7) is 2.07. The van der Waals surface area contributed by atoms with Crippen LogP contribution in [0.25, 0.3) is 0 Å². The van der Waals surface area contributed by atoms with Crippen molar-refractivity contribution in [3.8, 4) is 6.07 Å². The molecule has 2 aromatic rings. The Labute approximate surface area is 159 Å². The number of nitriles is 1. The lowest BCUT2D eigenvalue weighted by atomic mass is 9.98. The number of hydrogen-bond donors (Lipinski definition) is 1. The Morgan fingerprint density at radius 1 is 1.25 bits per heavy atom. The van der Waals surface area contributed by atoms with Crippen molar-refractivity contribution in [1.29, 1.82) is 5.26 Å². The van der Waals surface area contributed by atoms with Gasteiger partial charge in [0, 0.05) is 20.0 Å². The zero-order chi connectivity index (χ0) is 20.5. The first-order chi connectivity index (χ1) is 13.2. The number of fused-ring (bicyclic) bond motifs is 1. The Bertz CT molecular complexity index is 949. The first kappa shape index (κ1) is 19.7. The van der Waals surface area contributed by atoms with Crippen LogP contribution in [-0.4, -0.2) is 17.4 Å². The number of alkyl halides is 3. The lowest BCUT2D eigenvalue weighted by Gasteiger charge is -2.22. The van der Waals surface area contributed by atoms with Crippen LogP contribution >= 0.6 is 0 Å². The van der Waals surface area contributed by atoms with Crippen LogP contribution in [0.5, 0.6) is 0 Å². The topological polar surface area (TPSA) is 56.1 Å². The van der Waals surface area contributed by atoms with E-state index in [2.05, 4.69) is 5.32 Å². The predicted molar refractivity (Wildman–Crippen MR) is 94.6 cm³/mol. The van der Waals surface area contributed by atoms with Gasteiger partial charge in [-0.1, -0.05) is 6.07 Å². The SMILES string of the molecule is CC(=O)N1CCC(Nc2ccc(C(F)(F)F)cc2C#N)c2ccc(F)cc2C1. The van der Waals surface area contributed by atoms with Gasteiger partial charge in [-0.15, -0.1) is 0 Å². The maximum atomic E-state index is 13.7. The van der Waals surface area contributed by atoms with E-state index in [1.807, 2.05) is 0 Å². The number of nitrogens with zero attached hydrogens (tertiary/aromatic N) is 2. The van der Waals surface area contributed by atoms with Crippen LogP contribution < -0.4 is 5.32 Å². The molecule has 1 amide bonds. The molecule has 0 aromatic heterocycles. The van der Waals surface area contributed by atoms with Crippen LogP contribution in [0.2, 0.25) is 0 Å². The summed E-state index contributed by atoms with van der Waals surface area (Å²) in [5.41, 5.74) is 0.587. The van der Waals surface area contributed by atoms with Crippen LogP contribution in [0.15, 0.2) is 36.4 Å². The molecule has 0 bridgehead atoms. The van der Waals surface area contributed by atoms with Crippen LogP contribution in [0.3, 0.4) is 0 Å². The minimum atomic E-state index is -4.54. The van der Waals surface area contributed by atoms with Gasteiger partial charge >= 0.3 is 6.18 Å². The lowest BCUT2D eigenvalue weighted by Crippen LogP contribution is -2.28. The van der Waals surface area contributed by atoms with Crippen LogP contribution in [0.1, 0.15) is 41.6 Å². The molecule has 1 aliphatic rings. The fourth-order valence-electron chi connectivity index (χ4n) is 3.32. The third kappa shape index (κ3) is 4.09.